The Hall–Kier alpha value is 1.12. The van der Waals surface area contributed by atoms with Crippen LogP contribution in [0.2, 0.25) is 5.32 Å². The fourth-order valence-corrected chi connectivity index (χ4v) is 6.31. The third-order valence-electron chi connectivity index (χ3n) is 2.22. The van der Waals surface area contributed by atoms with Crippen molar-refractivity contribution in [2.45, 2.75) is 48.4 Å². The molecule has 0 aromatic carbocycles. The standard InChI is InChI=1S/C10H19ClOSSe/c1-4-5-6-13-10(3)12-9(2,7-11)8-14-10/h4-8H2,1-3H3/t9-,10+/m1/s1. The van der Waals surface area contributed by atoms with Crippen molar-refractivity contribution in [3.8, 4) is 0 Å². The zero-order chi connectivity index (χ0) is 10.7. The fraction of sp³-hybridized carbons (Fsp3) is 1.00. The third-order valence-corrected chi connectivity index (χ3v) is 8.10. The topological polar surface area (TPSA) is 9.23 Å². The zero-order valence-electron chi connectivity index (χ0n) is 9.14. The van der Waals surface area contributed by atoms with Gasteiger partial charge < -0.3 is 0 Å². The van der Waals surface area contributed by atoms with Crippen molar-refractivity contribution >= 4 is 38.3 Å². The molecule has 0 amide bonds. The maximum absolute atomic E-state index is 6.09. The molecule has 14 heavy (non-hydrogen) atoms. The first-order valence-corrected chi connectivity index (χ1v) is 8.66. The quantitative estimate of drug-likeness (QED) is 0.437. The average molecular weight is 302 g/mol. The van der Waals surface area contributed by atoms with Gasteiger partial charge in [0.1, 0.15) is 0 Å². The van der Waals surface area contributed by atoms with Gasteiger partial charge in [0.15, 0.2) is 0 Å². The van der Waals surface area contributed by atoms with Crippen LogP contribution in [0.1, 0.15) is 33.6 Å². The molecule has 0 aromatic rings. The Kier molecular flexibility index (Phi) is 5.13. The van der Waals surface area contributed by atoms with Gasteiger partial charge in [0.05, 0.1) is 0 Å². The van der Waals surface area contributed by atoms with Gasteiger partial charge in [0, 0.05) is 0 Å². The molecule has 1 rings (SSSR count). The van der Waals surface area contributed by atoms with E-state index in [1.54, 1.807) is 0 Å². The first kappa shape index (κ1) is 13.2. The molecule has 1 aliphatic rings. The van der Waals surface area contributed by atoms with Crippen LogP contribution >= 0.6 is 23.4 Å². The Balaban J connectivity index is 2.37. The molecule has 0 saturated carbocycles. The van der Waals surface area contributed by atoms with E-state index >= 15 is 0 Å². The van der Waals surface area contributed by atoms with Gasteiger partial charge in [-0.15, -0.1) is 0 Å². The Morgan fingerprint density at radius 1 is 1.50 bits per heavy atom. The Morgan fingerprint density at radius 3 is 2.71 bits per heavy atom. The van der Waals surface area contributed by atoms with Gasteiger partial charge in [-0.3, -0.25) is 0 Å². The summed E-state index contributed by atoms with van der Waals surface area (Å²) in [6, 6.07) is 0. The minimum absolute atomic E-state index is 0.0600. The summed E-state index contributed by atoms with van der Waals surface area (Å²) in [7, 11) is 0. The third kappa shape index (κ3) is 3.61. The van der Waals surface area contributed by atoms with Gasteiger partial charge in [0.2, 0.25) is 0 Å². The minimum atomic E-state index is -0.0600. The van der Waals surface area contributed by atoms with E-state index in [2.05, 4.69) is 20.8 Å². The van der Waals surface area contributed by atoms with Crippen molar-refractivity contribution in [3.63, 3.8) is 0 Å². The molecule has 1 saturated heterocycles. The van der Waals surface area contributed by atoms with E-state index in [0.717, 1.165) is 5.32 Å². The molecule has 0 spiro atoms. The van der Waals surface area contributed by atoms with Crippen LogP contribution in [-0.2, 0) is 4.74 Å². The van der Waals surface area contributed by atoms with E-state index < -0.39 is 0 Å². The second-order valence-electron chi connectivity index (χ2n) is 4.04. The van der Waals surface area contributed by atoms with Crippen LogP contribution in [0.3, 0.4) is 0 Å². The van der Waals surface area contributed by atoms with E-state index in [4.69, 9.17) is 16.3 Å². The number of unbranched alkanes of at least 4 members (excludes halogenated alkanes) is 1. The van der Waals surface area contributed by atoms with E-state index in [1.165, 1.54) is 18.6 Å². The van der Waals surface area contributed by atoms with E-state index in [9.17, 15) is 0 Å². The van der Waals surface area contributed by atoms with E-state index in [-0.39, 0.29) is 9.43 Å². The molecule has 1 nitrogen and oxygen atoms in total. The van der Waals surface area contributed by atoms with Crippen LogP contribution in [0.25, 0.3) is 0 Å². The predicted octanol–water partition coefficient (Wildman–Crippen LogP) is 3.34. The first-order chi connectivity index (χ1) is 6.54. The fourth-order valence-electron chi connectivity index (χ4n) is 1.33. The normalized spacial score (nSPS) is 37.7. The Labute approximate surface area is 103 Å². The molecule has 2 atom stereocenters. The summed E-state index contributed by atoms with van der Waals surface area (Å²) in [5.74, 6) is 1.84. The van der Waals surface area contributed by atoms with Crippen LogP contribution < -0.4 is 0 Å². The summed E-state index contributed by atoms with van der Waals surface area (Å²) in [6.45, 7) is 6.59. The number of rotatable bonds is 5. The van der Waals surface area contributed by atoms with Crippen molar-refractivity contribution in [3.05, 3.63) is 0 Å². The number of ether oxygens (including phenoxy) is 1. The van der Waals surface area contributed by atoms with Crippen LogP contribution in [0.15, 0.2) is 0 Å². The molecule has 0 aliphatic carbocycles. The first-order valence-electron chi connectivity index (χ1n) is 5.08. The van der Waals surface area contributed by atoms with Gasteiger partial charge in [-0.05, 0) is 0 Å². The summed E-state index contributed by atoms with van der Waals surface area (Å²) < 4.78 is 6.17. The van der Waals surface area contributed by atoms with Crippen molar-refractivity contribution in [1.29, 1.82) is 0 Å². The molecule has 1 heterocycles. The van der Waals surface area contributed by atoms with E-state index in [1.807, 2.05) is 11.8 Å². The summed E-state index contributed by atoms with van der Waals surface area (Å²) in [5, 5.41) is 1.15. The maximum atomic E-state index is 6.09. The number of thioether (sulfide) groups is 1. The van der Waals surface area contributed by atoms with Gasteiger partial charge in [-0.2, -0.15) is 0 Å². The predicted molar refractivity (Wildman–Crippen MR) is 66.5 cm³/mol. The monoisotopic (exact) mass is 302 g/mol. The summed E-state index contributed by atoms with van der Waals surface area (Å²) in [5.41, 5.74) is -0.0600. The molecular formula is C10H19ClOSSe. The van der Waals surface area contributed by atoms with Gasteiger partial charge in [0.25, 0.3) is 0 Å². The molecule has 0 N–H and O–H groups in total. The summed E-state index contributed by atoms with van der Waals surface area (Å²) in [4.78, 5) is 0. The van der Waals surface area contributed by atoms with E-state index in [0.29, 0.717) is 20.8 Å². The number of hydrogen-bond donors (Lipinski definition) is 0. The zero-order valence-corrected chi connectivity index (χ0v) is 12.4. The van der Waals surface area contributed by atoms with Gasteiger partial charge in [-0.1, -0.05) is 0 Å². The number of halogens is 1. The average Bonchev–Trinajstić information content (AvgIpc) is 2.45. The summed E-state index contributed by atoms with van der Waals surface area (Å²) >= 11 is 8.45. The van der Waals surface area contributed by atoms with Crippen LogP contribution in [0.5, 0.6) is 0 Å². The van der Waals surface area contributed by atoms with Crippen LogP contribution in [0.4, 0.5) is 0 Å². The summed E-state index contributed by atoms with van der Waals surface area (Å²) in [6.07, 6.45) is 2.56. The second kappa shape index (κ2) is 5.45. The van der Waals surface area contributed by atoms with Crippen molar-refractivity contribution in [2.75, 3.05) is 11.6 Å². The van der Waals surface area contributed by atoms with Crippen molar-refractivity contribution < 1.29 is 4.74 Å². The molecule has 4 heteroatoms. The van der Waals surface area contributed by atoms with Crippen LogP contribution in [-0.4, -0.2) is 36.0 Å². The molecule has 0 bridgehead atoms. The molecular weight excluding hydrogens is 283 g/mol. The molecule has 1 fully saturated rings. The van der Waals surface area contributed by atoms with Crippen molar-refractivity contribution in [2.24, 2.45) is 0 Å². The molecule has 84 valence electrons. The van der Waals surface area contributed by atoms with Gasteiger partial charge >= 0.3 is 103 Å². The molecule has 0 aromatic heterocycles. The van der Waals surface area contributed by atoms with Crippen LogP contribution in [0, 0.1) is 0 Å². The Bertz CT molecular complexity index is 193. The van der Waals surface area contributed by atoms with Crippen molar-refractivity contribution in [1.82, 2.24) is 0 Å². The van der Waals surface area contributed by atoms with Gasteiger partial charge in [-0.25, -0.2) is 0 Å². The number of alkyl halides is 1. The second-order valence-corrected chi connectivity index (χ2v) is 9.21. The SMILES string of the molecule is CCCCS[C@]1(C)O[C@](C)(CCl)C[Se]1. The number of hydrogen-bond acceptors (Lipinski definition) is 2. The molecule has 0 radical (unpaired) electrons. The molecule has 0 unspecified atom stereocenters. The Morgan fingerprint density at radius 2 is 2.21 bits per heavy atom. The molecule has 1 aliphatic heterocycles.